The number of nitrogens with one attached hydrogen (secondary N) is 1. The standard InChI is InChI=1S/C20H29F2N3O4S/c1-30(27,28)24-9-2-3-17(14-24)25(16-6-11-29-12-7-16)10-8-23-20(26)15-4-5-18(21)19(22)13-15/h4-5,13,16-17H,2-3,6-12,14H2,1H3,(H,23,26). The normalized spacial score (nSPS) is 21.7. The SMILES string of the molecule is CS(=O)(=O)N1CCCC(N(CCNC(=O)c2ccc(F)c(F)c2)C2CCOCC2)C1. The van der Waals surface area contributed by atoms with Crippen LogP contribution in [-0.2, 0) is 14.8 Å². The predicted molar refractivity (Wildman–Crippen MR) is 109 cm³/mol. The summed E-state index contributed by atoms with van der Waals surface area (Å²) in [6.07, 6.45) is 4.62. The molecule has 0 radical (unpaired) electrons. The lowest BCUT2D eigenvalue weighted by Gasteiger charge is -2.43. The van der Waals surface area contributed by atoms with Gasteiger partial charge in [-0.1, -0.05) is 0 Å². The second kappa shape index (κ2) is 10.1. The van der Waals surface area contributed by atoms with Crippen molar-refractivity contribution in [2.75, 3.05) is 45.6 Å². The van der Waals surface area contributed by atoms with E-state index in [2.05, 4.69) is 10.2 Å². The van der Waals surface area contributed by atoms with E-state index in [1.807, 2.05) is 0 Å². The molecule has 10 heteroatoms. The van der Waals surface area contributed by atoms with Crippen molar-refractivity contribution in [2.24, 2.45) is 0 Å². The van der Waals surface area contributed by atoms with E-state index in [1.54, 1.807) is 0 Å². The number of piperidine rings is 1. The Morgan fingerprint density at radius 2 is 1.93 bits per heavy atom. The number of benzene rings is 1. The molecule has 1 N–H and O–H groups in total. The van der Waals surface area contributed by atoms with Gasteiger partial charge in [-0.25, -0.2) is 21.5 Å². The van der Waals surface area contributed by atoms with Gasteiger partial charge in [-0.3, -0.25) is 9.69 Å². The zero-order valence-corrected chi connectivity index (χ0v) is 18.0. The smallest absolute Gasteiger partial charge is 0.251 e. The lowest BCUT2D eigenvalue weighted by molar-refractivity contribution is 0.00673. The van der Waals surface area contributed by atoms with Crippen LogP contribution in [0, 0.1) is 11.6 Å². The molecule has 168 valence electrons. The highest BCUT2D eigenvalue weighted by atomic mass is 32.2. The minimum atomic E-state index is -3.25. The molecule has 7 nitrogen and oxygen atoms in total. The maximum Gasteiger partial charge on any atom is 0.251 e. The van der Waals surface area contributed by atoms with Crippen molar-refractivity contribution < 1.29 is 26.7 Å². The van der Waals surface area contributed by atoms with Crippen LogP contribution in [0.3, 0.4) is 0 Å². The van der Waals surface area contributed by atoms with Gasteiger partial charge in [-0.2, -0.15) is 0 Å². The molecule has 1 aromatic carbocycles. The molecule has 30 heavy (non-hydrogen) atoms. The Labute approximate surface area is 176 Å². The summed E-state index contributed by atoms with van der Waals surface area (Å²) in [4.78, 5) is 14.6. The number of carbonyl (C=O) groups excluding carboxylic acids is 1. The van der Waals surface area contributed by atoms with Crippen LogP contribution in [0.5, 0.6) is 0 Å². The molecule has 3 rings (SSSR count). The quantitative estimate of drug-likeness (QED) is 0.690. The number of halogens is 2. The summed E-state index contributed by atoms with van der Waals surface area (Å²) in [5.41, 5.74) is 0.0624. The monoisotopic (exact) mass is 445 g/mol. The van der Waals surface area contributed by atoms with Gasteiger partial charge in [0, 0.05) is 57.0 Å². The first kappa shape index (κ1) is 23.1. The van der Waals surface area contributed by atoms with Gasteiger partial charge in [0.15, 0.2) is 11.6 Å². The molecule has 1 amide bonds. The first-order valence-corrected chi connectivity index (χ1v) is 12.1. The Hall–Kier alpha value is -1.62. The highest BCUT2D eigenvalue weighted by Gasteiger charge is 2.33. The summed E-state index contributed by atoms with van der Waals surface area (Å²) in [6, 6.07) is 3.38. The number of carbonyl (C=O) groups is 1. The van der Waals surface area contributed by atoms with Gasteiger partial charge >= 0.3 is 0 Å². The van der Waals surface area contributed by atoms with E-state index in [4.69, 9.17) is 4.74 Å². The zero-order valence-electron chi connectivity index (χ0n) is 17.1. The van der Waals surface area contributed by atoms with E-state index in [1.165, 1.54) is 16.6 Å². The van der Waals surface area contributed by atoms with Gasteiger partial charge in [0.2, 0.25) is 10.0 Å². The van der Waals surface area contributed by atoms with Crippen LogP contribution in [0.4, 0.5) is 8.78 Å². The van der Waals surface area contributed by atoms with E-state index >= 15 is 0 Å². The number of hydrogen-bond acceptors (Lipinski definition) is 5. The molecule has 2 aliphatic heterocycles. The van der Waals surface area contributed by atoms with Crippen molar-refractivity contribution in [3.8, 4) is 0 Å². The van der Waals surface area contributed by atoms with Gasteiger partial charge in [0.1, 0.15) is 0 Å². The zero-order chi connectivity index (χ0) is 21.7. The largest absolute Gasteiger partial charge is 0.381 e. The molecule has 0 bridgehead atoms. The molecule has 2 fully saturated rings. The third-order valence-corrected chi connectivity index (χ3v) is 7.06. The van der Waals surface area contributed by atoms with Gasteiger partial charge in [0.05, 0.1) is 6.26 Å². The fraction of sp³-hybridized carbons (Fsp3) is 0.650. The average Bonchev–Trinajstić information content (AvgIpc) is 2.73. The van der Waals surface area contributed by atoms with Crippen molar-refractivity contribution >= 4 is 15.9 Å². The minimum Gasteiger partial charge on any atom is -0.381 e. The van der Waals surface area contributed by atoms with Crippen molar-refractivity contribution in [2.45, 2.75) is 37.8 Å². The maximum atomic E-state index is 13.4. The molecular formula is C20H29F2N3O4S. The predicted octanol–water partition coefficient (Wildman–Crippen LogP) is 1.60. The molecule has 1 atom stereocenters. The highest BCUT2D eigenvalue weighted by Crippen LogP contribution is 2.24. The van der Waals surface area contributed by atoms with E-state index in [0.29, 0.717) is 39.4 Å². The van der Waals surface area contributed by atoms with E-state index < -0.39 is 27.6 Å². The summed E-state index contributed by atoms with van der Waals surface area (Å²) >= 11 is 0. The van der Waals surface area contributed by atoms with E-state index in [0.717, 1.165) is 37.8 Å². The van der Waals surface area contributed by atoms with Gasteiger partial charge in [0.25, 0.3) is 5.91 Å². The summed E-state index contributed by atoms with van der Waals surface area (Å²) in [7, 11) is -3.25. The summed E-state index contributed by atoms with van der Waals surface area (Å²) < 4.78 is 57.5. The van der Waals surface area contributed by atoms with Crippen LogP contribution in [-0.4, -0.2) is 81.3 Å². The molecular weight excluding hydrogens is 416 g/mol. The fourth-order valence-corrected chi connectivity index (χ4v) is 5.11. The first-order valence-electron chi connectivity index (χ1n) is 10.3. The van der Waals surface area contributed by atoms with Crippen molar-refractivity contribution in [3.05, 3.63) is 35.4 Å². The second-order valence-corrected chi connectivity index (χ2v) is 9.87. The summed E-state index contributed by atoms with van der Waals surface area (Å²) in [5.74, 6) is -2.53. The topological polar surface area (TPSA) is 79.0 Å². The van der Waals surface area contributed by atoms with Gasteiger partial charge in [-0.15, -0.1) is 0 Å². The average molecular weight is 446 g/mol. The van der Waals surface area contributed by atoms with Crippen LogP contribution >= 0.6 is 0 Å². The molecule has 2 aliphatic rings. The van der Waals surface area contributed by atoms with Gasteiger partial charge < -0.3 is 10.1 Å². The summed E-state index contributed by atoms with van der Waals surface area (Å²) in [5, 5.41) is 2.76. The van der Waals surface area contributed by atoms with Crippen molar-refractivity contribution in [1.82, 2.24) is 14.5 Å². The number of ether oxygens (including phenoxy) is 1. The Kier molecular flexibility index (Phi) is 7.78. The number of rotatable bonds is 7. The van der Waals surface area contributed by atoms with Crippen LogP contribution < -0.4 is 5.32 Å². The number of amides is 1. The Balaban J connectivity index is 1.64. The van der Waals surface area contributed by atoms with Crippen LogP contribution in [0.2, 0.25) is 0 Å². The fourth-order valence-electron chi connectivity index (χ4n) is 4.21. The molecule has 0 aromatic heterocycles. The highest BCUT2D eigenvalue weighted by molar-refractivity contribution is 7.88. The third kappa shape index (κ3) is 5.96. The minimum absolute atomic E-state index is 0.0624. The van der Waals surface area contributed by atoms with Crippen LogP contribution in [0.1, 0.15) is 36.0 Å². The molecule has 0 spiro atoms. The Morgan fingerprint density at radius 1 is 1.20 bits per heavy atom. The molecule has 0 aliphatic carbocycles. The number of sulfonamides is 1. The van der Waals surface area contributed by atoms with Gasteiger partial charge in [-0.05, 0) is 43.9 Å². The van der Waals surface area contributed by atoms with Crippen molar-refractivity contribution in [1.29, 1.82) is 0 Å². The number of nitrogens with zero attached hydrogens (tertiary/aromatic N) is 2. The third-order valence-electron chi connectivity index (χ3n) is 5.79. The molecule has 1 unspecified atom stereocenters. The van der Waals surface area contributed by atoms with E-state index in [-0.39, 0.29) is 17.6 Å². The molecule has 2 heterocycles. The van der Waals surface area contributed by atoms with Crippen LogP contribution in [0.15, 0.2) is 18.2 Å². The lowest BCUT2D eigenvalue weighted by atomic mass is 9.99. The Bertz CT molecular complexity index is 846. The maximum absolute atomic E-state index is 13.4. The molecule has 0 saturated carbocycles. The second-order valence-electron chi connectivity index (χ2n) is 7.88. The van der Waals surface area contributed by atoms with Crippen LogP contribution in [0.25, 0.3) is 0 Å². The van der Waals surface area contributed by atoms with Crippen molar-refractivity contribution in [3.63, 3.8) is 0 Å². The Morgan fingerprint density at radius 3 is 2.60 bits per heavy atom. The molecule has 1 aromatic rings. The van der Waals surface area contributed by atoms with E-state index in [9.17, 15) is 22.0 Å². The first-order chi connectivity index (χ1) is 14.3. The number of hydrogen-bond donors (Lipinski definition) is 1. The molecule has 2 saturated heterocycles. The summed E-state index contributed by atoms with van der Waals surface area (Å²) in [6.45, 7) is 3.15. The lowest BCUT2D eigenvalue weighted by Crippen LogP contribution is -2.55.